The molecule has 1 aromatic heterocycles. The van der Waals surface area contributed by atoms with Crippen LogP contribution < -0.4 is 5.56 Å². The van der Waals surface area contributed by atoms with E-state index in [1.165, 1.54) is 55.1 Å². The van der Waals surface area contributed by atoms with Gasteiger partial charge in [-0.2, -0.15) is 9.78 Å². The molecule has 120 valence electrons. The van der Waals surface area contributed by atoms with Crippen molar-refractivity contribution < 1.29 is 0 Å². The zero-order valence-corrected chi connectivity index (χ0v) is 13.6. The molecule has 4 rings (SSSR count). The summed E-state index contributed by atoms with van der Waals surface area (Å²) in [5.41, 5.74) is 2.49. The molecule has 23 heavy (non-hydrogen) atoms. The van der Waals surface area contributed by atoms with Crippen molar-refractivity contribution in [3.63, 3.8) is 0 Å². The Bertz CT molecular complexity index is 746. The molecule has 1 atom stereocenters. The Labute approximate surface area is 136 Å². The first-order valence-electron chi connectivity index (χ1n) is 8.57. The summed E-state index contributed by atoms with van der Waals surface area (Å²) in [5.74, 6) is 0. The largest absolute Gasteiger partial charge is 0.300 e. The molecule has 1 saturated heterocycles. The molecular weight excluding hydrogens is 286 g/mol. The van der Waals surface area contributed by atoms with Gasteiger partial charge in [0.1, 0.15) is 0 Å². The van der Waals surface area contributed by atoms with Gasteiger partial charge < -0.3 is 0 Å². The Morgan fingerprint density at radius 1 is 1.22 bits per heavy atom. The van der Waals surface area contributed by atoms with E-state index >= 15 is 0 Å². The summed E-state index contributed by atoms with van der Waals surface area (Å²) in [6.45, 7) is 4.76. The Kier molecular flexibility index (Phi) is 3.57. The highest BCUT2D eigenvalue weighted by molar-refractivity contribution is 5.39. The molecule has 0 N–H and O–H groups in total. The standard InChI is InChI=1S/C19H23N3O/c1-15-4-3-13-21(15)14-19(10-11-19)16-6-8-17(9-7-16)22-18(23)5-2-12-20-22/h2,5-9,12,15H,3-4,10-11,13-14H2,1H3/t15-/m1/s1. The first-order valence-corrected chi connectivity index (χ1v) is 8.57. The summed E-state index contributed by atoms with van der Waals surface area (Å²) >= 11 is 0. The molecule has 4 nitrogen and oxygen atoms in total. The number of hydrogen-bond acceptors (Lipinski definition) is 3. The average molecular weight is 309 g/mol. The molecule has 0 unspecified atom stereocenters. The van der Waals surface area contributed by atoms with Gasteiger partial charge in [-0.1, -0.05) is 12.1 Å². The minimum absolute atomic E-state index is 0.0905. The maximum Gasteiger partial charge on any atom is 0.271 e. The molecule has 1 aliphatic carbocycles. The van der Waals surface area contributed by atoms with Gasteiger partial charge in [-0.15, -0.1) is 0 Å². The van der Waals surface area contributed by atoms with Crippen LogP contribution in [0.2, 0.25) is 0 Å². The van der Waals surface area contributed by atoms with Gasteiger partial charge in [0.2, 0.25) is 0 Å². The van der Waals surface area contributed by atoms with Crippen molar-refractivity contribution in [2.24, 2.45) is 0 Å². The van der Waals surface area contributed by atoms with E-state index in [0.29, 0.717) is 5.41 Å². The molecule has 0 bridgehead atoms. The summed E-state index contributed by atoms with van der Waals surface area (Å²) in [5, 5.41) is 4.15. The maximum atomic E-state index is 11.9. The van der Waals surface area contributed by atoms with E-state index in [9.17, 15) is 4.79 Å². The Morgan fingerprint density at radius 2 is 2.00 bits per heavy atom. The van der Waals surface area contributed by atoms with E-state index < -0.39 is 0 Å². The molecular formula is C19H23N3O. The minimum Gasteiger partial charge on any atom is -0.300 e. The summed E-state index contributed by atoms with van der Waals surface area (Å²) < 4.78 is 1.45. The van der Waals surface area contributed by atoms with E-state index in [4.69, 9.17) is 0 Å². The number of benzene rings is 1. The third-order valence-electron chi connectivity index (χ3n) is 5.49. The van der Waals surface area contributed by atoms with Crippen LogP contribution in [0.15, 0.2) is 47.4 Å². The molecule has 2 fully saturated rings. The molecule has 0 spiro atoms. The predicted octanol–water partition coefficient (Wildman–Crippen LogP) is 2.75. The molecule has 0 amide bonds. The topological polar surface area (TPSA) is 38.1 Å². The Balaban J connectivity index is 1.56. The van der Waals surface area contributed by atoms with Crippen LogP contribution in [0.1, 0.15) is 38.2 Å². The summed E-state index contributed by atoms with van der Waals surface area (Å²) in [6.07, 6.45) is 6.86. The van der Waals surface area contributed by atoms with Gasteiger partial charge in [0.25, 0.3) is 5.56 Å². The van der Waals surface area contributed by atoms with Crippen molar-refractivity contribution in [3.8, 4) is 5.69 Å². The van der Waals surface area contributed by atoms with Crippen LogP contribution in [0.25, 0.3) is 5.69 Å². The van der Waals surface area contributed by atoms with Crippen molar-refractivity contribution >= 4 is 0 Å². The van der Waals surface area contributed by atoms with Gasteiger partial charge in [-0.05, 0) is 62.9 Å². The number of nitrogens with zero attached hydrogens (tertiary/aromatic N) is 3. The van der Waals surface area contributed by atoms with E-state index in [1.54, 1.807) is 12.3 Å². The van der Waals surface area contributed by atoms with Gasteiger partial charge in [0.05, 0.1) is 5.69 Å². The molecule has 1 aliphatic heterocycles. The number of aromatic nitrogens is 2. The van der Waals surface area contributed by atoms with Crippen molar-refractivity contribution in [3.05, 3.63) is 58.5 Å². The lowest BCUT2D eigenvalue weighted by molar-refractivity contribution is 0.244. The lowest BCUT2D eigenvalue weighted by Crippen LogP contribution is -2.34. The summed E-state index contributed by atoms with van der Waals surface area (Å²) in [4.78, 5) is 14.5. The van der Waals surface area contributed by atoms with Crippen LogP contribution in [-0.4, -0.2) is 33.8 Å². The zero-order chi connectivity index (χ0) is 15.9. The smallest absolute Gasteiger partial charge is 0.271 e. The van der Waals surface area contributed by atoms with Crippen LogP contribution in [0.5, 0.6) is 0 Å². The highest BCUT2D eigenvalue weighted by Gasteiger charge is 2.46. The Hall–Kier alpha value is -1.94. The van der Waals surface area contributed by atoms with Crippen LogP contribution >= 0.6 is 0 Å². The van der Waals surface area contributed by atoms with Gasteiger partial charge in [-0.3, -0.25) is 9.69 Å². The van der Waals surface area contributed by atoms with Crippen LogP contribution in [-0.2, 0) is 5.41 Å². The minimum atomic E-state index is -0.0905. The number of likely N-dealkylation sites (tertiary alicyclic amines) is 1. The van der Waals surface area contributed by atoms with E-state index in [0.717, 1.165) is 11.7 Å². The highest BCUT2D eigenvalue weighted by atomic mass is 16.1. The predicted molar refractivity (Wildman–Crippen MR) is 91.0 cm³/mol. The van der Waals surface area contributed by atoms with Crippen molar-refractivity contribution in [1.29, 1.82) is 0 Å². The van der Waals surface area contributed by atoms with Crippen molar-refractivity contribution in [1.82, 2.24) is 14.7 Å². The fourth-order valence-corrected chi connectivity index (χ4v) is 3.81. The molecule has 2 aliphatic rings. The van der Waals surface area contributed by atoms with Gasteiger partial charge in [-0.25, -0.2) is 0 Å². The second kappa shape index (κ2) is 5.60. The second-order valence-electron chi connectivity index (χ2n) is 7.06. The Morgan fingerprint density at radius 3 is 2.61 bits per heavy atom. The summed E-state index contributed by atoms with van der Waals surface area (Å²) in [7, 11) is 0. The van der Waals surface area contributed by atoms with E-state index in [1.807, 2.05) is 12.1 Å². The van der Waals surface area contributed by atoms with Crippen LogP contribution in [0.3, 0.4) is 0 Å². The number of hydrogen-bond donors (Lipinski definition) is 0. The summed E-state index contributed by atoms with van der Waals surface area (Å²) in [6, 6.07) is 12.4. The molecule has 4 heteroatoms. The third kappa shape index (κ3) is 2.72. The monoisotopic (exact) mass is 309 g/mol. The average Bonchev–Trinajstić information content (AvgIpc) is 3.25. The lowest BCUT2D eigenvalue weighted by atomic mass is 9.95. The second-order valence-corrected chi connectivity index (χ2v) is 7.06. The molecule has 2 heterocycles. The lowest BCUT2D eigenvalue weighted by Gasteiger charge is -2.27. The van der Waals surface area contributed by atoms with Gasteiger partial charge >= 0.3 is 0 Å². The van der Waals surface area contributed by atoms with Crippen LogP contribution in [0, 0.1) is 0 Å². The first-order chi connectivity index (χ1) is 11.2. The molecule has 0 radical (unpaired) electrons. The van der Waals surface area contributed by atoms with Gasteiger partial charge in [0, 0.05) is 30.3 Å². The van der Waals surface area contributed by atoms with E-state index in [-0.39, 0.29) is 5.56 Å². The van der Waals surface area contributed by atoms with Crippen LogP contribution in [0.4, 0.5) is 0 Å². The third-order valence-corrected chi connectivity index (χ3v) is 5.49. The molecule has 1 saturated carbocycles. The quantitative estimate of drug-likeness (QED) is 0.871. The fraction of sp³-hybridized carbons (Fsp3) is 0.474. The SMILES string of the molecule is C[C@@H]1CCCN1CC1(c2ccc(-n3ncccc3=O)cc2)CC1. The van der Waals surface area contributed by atoms with E-state index in [2.05, 4.69) is 29.1 Å². The first kappa shape index (κ1) is 14.6. The normalized spacial score (nSPS) is 23.1. The highest BCUT2D eigenvalue weighted by Crippen LogP contribution is 2.49. The van der Waals surface area contributed by atoms with Gasteiger partial charge in [0.15, 0.2) is 0 Å². The van der Waals surface area contributed by atoms with Crippen molar-refractivity contribution in [2.45, 2.75) is 44.1 Å². The number of rotatable bonds is 4. The molecule has 1 aromatic carbocycles. The maximum absolute atomic E-state index is 11.9. The fourth-order valence-electron chi connectivity index (χ4n) is 3.81. The van der Waals surface area contributed by atoms with Crippen molar-refractivity contribution in [2.75, 3.05) is 13.1 Å². The zero-order valence-electron chi connectivity index (χ0n) is 13.6. The molecule has 2 aromatic rings.